The van der Waals surface area contributed by atoms with Gasteiger partial charge in [-0.15, -0.1) is 0 Å². The predicted octanol–water partition coefficient (Wildman–Crippen LogP) is 1.34. The Bertz CT molecular complexity index is 1100. The Hall–Kier alpha value is -3.75. The number of benzene rings is 2. The van der Waals surface area contributed by atoms with Crippen LogP contribution in [0, 0.1) is 10.1 Å². The van der Waals surface area contributed by atoms with E-state index in [2.05, 4.69) is 5.10 Å². The highest BCUT2D eigenvalue weighted by Crippen LogP contribution is 2.12. The Balaban J connectivity index is 1.71. The SMILES string of the molecule is O=C(Cn1[nH]c(=O)c2ccccc2c1=O)OCc1ccc([N+](=O)[O-])cc1. The van der Waals surface area contributed by atoms with Gasteiger partial charge >= 0.3 is 5.97 Å². The Labute approximate surface area is 145 Å². The maximum Gasteiger partial charge on any atom is 0.328 e. The summed E-state index contributed by atoms with van der Waals surface area (Å²) in [5.41, 5.74) is -0.500. The van der Waals surface area contributed by atoms with Crippen molar-refractivity contribution in [1.29, 1.82) is 0 Å². The highest BCUT2D eigenvalue weighted by molar-refractivity contribution is 5.80. The third-order valence-electron chi connectivity index (χ3n) is 3.72. The van der Waals surface area contributed by atoms with Crippen LogP contribution in [0.1, 0.15) is 5.56 Å². The second-order valence-corrected chi connectivity index (χ2v) is 5.46. The molecule has 0 saturated carbocycles. The zero-order valence-electron chi connectivity index (χ0n) is 13.4. The maximum absolute atomic E-state index is 12.3. The van der Waals surface area contributed by atoms with Crippen molar-refractivity contribution < 1.29 is 14.5 Å². The minimum atomic E-state index is -0.726. The molecule has 0 aliphatic rings. The van der Waals surface area contributed by atoms with E-state index >= 15 is 0 Å². The molecule has 2 aromatic carbocycles. The van der Waals surface area contributed by atoms with Crippen LogP contribution in [0.5, 0.6) is 0 Å². The smallest absolute Gasteiger partial charge is 0.328 e. The van der Waals surface area contributed by atoms with Crippen LogP contribution in [0.2, 0.25) is 0 Å². The lowest BCUT2D eigenvalue weighted by atomic mass is 10.2. The van der Waals surface area contributed by atoms with Gasteiger partial charge in [-0.1, -0.05) is 12.1 Å². The standard InChI is InChI=1S/C17H13N3O6/c21-15(26-10-11-5-7-12(8-6-11)20(24)25)9-19-17(23)14-4-2-1-3-13(14)16(22)18-19/h1-8H,9-10H2,(H,18,22). The van der Waals surface area contributed by atoms with Gasteiger partial charge in [0.2, 0.25) is 0 Å². The second kappa shape index (κ2) is 7.01. The number of carbonyl (C=O) groups is 1. The number of hydrogen-bond acceptors (Lipinski definition) is 6. The van der Waals surface area contributed by atoms with Crippen LogP contribution in [-0.4, -0.2) is 20.7 Å². The molecule has 0 bridgehead atoms. The van der Waals surface area contributed by atoms with Crippen molar-refractivity contribution in [3.05, 3.63) is 84.9 Å². The lowest BCUT2D eigenvalue weighted by molar-refractivity contribution is -0.384. The predicted molar refractivity (Wildman–Crippen MR) is 91.7 cm³/mol. The molecular weight excluding hydrogens is 342 g/mol. The van der Waals surface area contributed by atoms with E-state index in [0.717, 1.165) is 4.68 Å². The van der Waals surface area contributed by atoms with Crippen LogP contribution >= 0.6 is 0 Å². The summed E-state index contributed by atoms with van der Waals surface area (Å²) in [5.74, 6) is -0.726. The Kier molecular flexibility index (Phi) is 4.61. The summed E-state index contributed by atoms with van der Waals surface area (Å²) in [7, 11) is 0. The van der Waals surface area contributed by atoms with Crippen LogP contribution < -0.4 is 11.1 Å². The minimum absolute atomic E-state index is 0.0691. The minimum Gasteiger partial charge on any atom is -0.459 e. The van der Waals surface area contributed by atoms with E-state index < -0.39 is 28.6 Å². The average molecular weight is 355 g/mol. The van der Waals surface area contributed by atoms with E-state index in [0.29, 0.717) is 5.56 Å². The first-order valence-corrected chi connectivity index (χ1v) is 7.56. The number of aromatic amines is 1. The van der Waals surface area contributed by atoms with E-state index in [1.807, 2.05) is 0 Å². The fourth-order valence-corrected chi connectivity index (χ4v) is 2.41. The number of non-ortho nitro benzene ring substituents is 1. The highest BCUT2D eigenvalue weighted by Gasteiger charge is 2.11. The number of aromatic nitrogens is 2. The van der Waals surface area contributed by atoms with E-state index in [1.165, 1.54) is 36.4 Å². The molecule has 0 radical (unpaired) electrons. The van der Waals surface area contributed by atoms with Gasteiger partial charge in [-0.25, -0.2) is 4.68 Å². The number of rotatable bonds is 5. The molecule has 0 spiro atoms. The summed E-state index contributed by atoms with van der Waals surface area (Å²) in [4.78, 5) is 46.3. The van der Waals surface area contributed by atoms with Gasteiger partial charge in [0.1, 0.15) is 13.2 Å². The number of nitro benzene ring substituents is 1. The number of esters is 1. The number of hydrogen-bond donors (Lipinski definition) is 1. The molecule has 0 amide bonds. The van der Waals surface area contributed by atoms with Gasteiger partial charge in [-0.2, -0.15) is 0 Å². The molecule has 26 heavy (non-hydrogen) atoms. The first kappa shape index (κ1) is 17.1. The van der Waals surface area contributed by atoms with Crippen molar-refractivity contribution in [3.8, 4) is 0 Å². The number of H-pyrrole nitrogens is 1. The Morgan fingerprint density at radius 2 is 1.73 bits per heavy atom. The van der Waals surface area contributed by atoms with Gasteiger partial charge in [0.15, 0.2) is 0 Å². The molecule has 0 saturated heterocycles. The molecular formula is C17H13N3O6. The van der Waals surface area contributed by atoms with Crippen LogP contribution in [0.25, 0.3) is 10.8 Å². The number of fused-ring (bicyclic) bond motifs is 1. The van der Waals surface area contributed by atoms with Crippen molar-refractivity contribution >= 4 is 22.4 Å². The summed E-state index contributed by atoms with van der Waals surface area (Å²) < 4.78 is 5.94. The second-order valence-electron chi connectivity index (χ2n) is 5.46. The lowest BCUT2D eigenvalue weighted by Crippen LogP contribution is -2.32. The topological polar surface area (TPSA) is 124 Å². The monoisotopic (exact) mass is 355 g/mol. The first-order chi connectivity index (χ1) is 12.5. The van der Waals surface area contributed by atoms with Gasteiger partial charge in [0.05, 0.1) is 15.7 Å². The summed E-state index contributed by atoms with van der Waals surface area (Å²) in [6.45, 7) is -0.560. The van der Waals surface area contributed by atoms with E-state index in [9.17, 15) is 24.5 Å². The van der Waals surface area contributed by atoms with Crippen LogP contribution in [0.3, 0.4) is 0 Å². The number of ether oxygens (including phenoxy) is 1. The van der Waals surface area contributed by atoms with Gasteiger partial charge in [0, 0.05) is 12.1 Å². The molecule has 3 rings (SSSR count). The zero-order valence-corrected chi connectivity index (χ0v) is 13.4. The molecule has 0 fully saturated rings. The third kappa shape index (κ3) is 3.51. The molecule has 0 atom stereocenters. The molecule has 9 heteroatoms. The quantitative estimate of drug-likeness (QED) is 0.418. The largest absolute Gasteiger partial charge is 0.459 e. The number of carbonyl (C=O) groups excluding carboxylic acids is 1. The van der Waals surface area contributed by atoms with Crippen molar-refractivity contribution in [1.82, 2.24) is 9.78 Å². The van der Waals surface area contributed by atoms with Gasteiger partial charge in [-0.3, -0.25) is 29.6 Å². The van der Waals surface area contributed by atoms with E-state index in [-0.39, 0.29) is 23.1 Å². The summed E-state index contributed by atoms with van der Waals surface area (Å²) in [6.07, 6.45) is 0. The fraction of sp³-hybridized carbons (Fsp3) is 0.118. The van der Waals surface area contributed by atoms with Gasteiger partial charge < -0.3 is 4.74 Å². The molecule has 1 heterocycles. The lowest BCUT2D eigenvalue weighted by Gasteiger charge is -2.08. The molecule has 0 unspecified atom stereocenters. The van der Waals surface area contributed by atoms with Crippen molar-refractivity contribution in [2.75, 3.05) is 0 Å². The van der Waals surface area contributed by atoms with E-state index in [1.54, 1.807) is 12.1 Å². The normalized spacial score (nSPS) is 10.6. The maximum atomic E-state index is 12.3. The van der Waals surface area contributed by atoms with Crippen LogP contribution in [-0.2, 0) is 22.7 Å². The first-order valence-electron chi connectivity index (χ1n) is 7.56. The number of nitrogens with one attached hydrogen (secondary N) is 1. The molecule has 0 aliphatic carbocycles. The summed E-state index contributed by atoms with van der Waals surface area (Å²) >= 11 is 0. The van der Waals surface area contributed by atoms with Crippen LogP contribution in [0.15, 0.2) is 58.1 Å². The zero-order chi connectivity index (χ0) is 18.7. The number of nitro groups is 1. The molecule has 3 aromatic rings. The fourth-order valence-electron chi connectivity index (χ4n) is 2.41. The summed E-state index contributed by atoms with van der Waals surface area (Å²) in [6, 6.07) is 11.8. The van der Waals surface area contributed by atoms with Gasteiger partial charge in [-0.05, 0) is 29.8 Å². The molecule has 9 nitrogen and oxygen atoms in total. The van der Waals surface area contributed by atoms with E-state index in [4.69, 9.17) is 4.74 Å². The average Bonchev–Trinajstić information content (AvgIpc) is 2.64. The van der Waals surface area contributed by atoms with Crippen molar-refractivity contribution in [2.24, 2.45) is 0 Å². The molecule has 0 aliphatic heterocycles. The molecule has 132 valence electrons. The summed E-state index contributed by atoms with van der Waals surface area (Å²) in [5, 5.41) is 13.4. The van der Waals surface area contributed by atoms with Crippen LogP contribution in [0.4, 0.5) is 5.69 Å². The highest BCUT2D eigenvalue weighted by atomic mass is 16.6. The number of nitrogens with zero attached hydrogens (tertiary/aromatic N) is 2. The Morgan fingerprint density at radius 1 is 1.08 bits per heavy atom. The Morgan fingerprint density at radius 3 is 2.38 bits per heavy atom. The third-order valence-corrected chi connectivity index (χ3v) is 3.72. The van der Waals surface area contributed by atoms with Gasteiger partial charge in [0.25, 0.3) is 16.8 Å². The van der Waals surface area contributed by atoms with Crippen molar-refractivity contribution in [3.63, 3.8) is 0 Å². The molecule has 1 N–H and O–H groups in total. The molecule has 1 aromatic heterocycles. The van der Waals surface area contributed by atoms with Crippen molar-refractivity contribution in [2.45, 2.75) is 13.2 Å².